The Morgan fingerprint density at radius 2 is 2.30 bits per heavy atom. The lowest BCUT2D eigenvalue weighted by atomic mass is 10.2. The number of carboxylic acids is 1. The van der Waals surface area contributed by atoms with E-state index in [0.29, 0.717) is 12.4 Å². The van der Waals surface area contributed by atoms with Gasteiger partial charge in [0, 0.05) is 18.5 Å². The molecule has 0 spiro atoms. The number of allylic oxidation sites excluding steroid dienone is 1. The maximum atomic E-state index is 10.8. The second kappa shape index (κ2) is 5.87. The van der Waals surface area contributed by atoms with Crippen LogP contribution >= 0.6 is 0 Å². The minimum Gasteiger partial charge on any atom is -0.512 e. The van der Waals surface area contributed by atoms with Crippen LogP contribution in [0.25, 0.3) is 0 Å². The summed E-state index contributed by atoms with van der Waals surface area (Å²) in [7, 11) is 0. The van der Waals surface area contributed by atoms with Crippen LogP contribution in [0.3, 0.4) is 0 Å². The number of carbonyl (C=O) groups is 1. The highest BCUT2D eigenvalue weighted by molar-refractivity contribution is 6.09. The van der Waals surface area contributed by atoms with Crippen LogP contribution in [-0.2, 0) is 11.3 Å². The third-order valence-corrected chi connectivity index (χ3v) is 2.47. The van der Waals surface area contributed by atoms with E-state index in [1.165, 1.54) is 6.92 Å². The van der Waals surface area contributed by atoms with Crippen LogP contribution < -0.4 is 0 Å². The number of hydrogen-bond acceptors (Lipinski definition) is 5. The van der Waals surface area contributed by atoms with Gasteiger partial charge in [-0.05, 0) is 19.1 Å². The molecule has 0 aliphatic carbocycles. The van der Waals surface area contributed by atoms with Crippen molar-refractivity contribution >= 4 is 18.0 Å². The number of hydrogen-bond donors (Lipinski definition) is 2. The lowest BCUT2D eigenvalue weighted by Crippen LogP contribution is -2.04. The van der Waals surface area contributed by atoms with E-state index in [1.54, 1.807) is 29.3 Å². The first-order valence-corrected chi connectivity index (χ1v) is 5.79. The van der Waals surface area contributed by atoms with E-state index in [2.05, 4.69) is 10.1 Å². The molecule has 0 aliphatic heterocycles. The molecule has 2 N–H and O–H groups in total. The van der Waals surface area contributed by atoms with Gasteiger partial charge >= 0.3 is 5.97 Å². The summed E-state index contributed by atoms with van der Waals surface area (Å²) < 4.78 is 6.80. The quantitative estimate of drug-likeness (QED) is 0.494. The highest BCUT2D eigenvalue weighted by Gasteiger charge is 2.08. The molecule has 0 aliphatic rings. The molecule has 0 atom stereocenters. The number of aliphatic hydroxyl groups is 1. The largest absolute Gasteiger partial charge is 0.512 e. The molecule has 2 aromatic rings. The van der Waals surface area contributed by atoms with Gasteiger partial charge in [0.25, 0.3) is 0 Å². The van der Waals surface area contributed by atoms with Gasteiger partial charge in [-0.3, -0.25) is 4.68 Å². The zero-order valence-electron chi connectivity index (χ0n) is 10.7. The van der Waals surface area contributed by atoms with E-state index in [-0.39, 0.29) is 11.3 Å². The smallest absolute Gasteiger partial charge is 0.340 e. The van der Waals surface area contributed by atoms with Crippen molar-refractivity contribution in [2.75, 3.05) is 0 Å². The molecular weight excluding hydrogens is 262 g/mol. The zero-order valence-corrected chi connectivity index (χ0v) is 10.7. The van der Waals surface area contributed by atoms with Gasteiger partial charge in [-0.2, -0.15) is 5.10 Å². The minimum atomic E-state index is -1.25. The maximum absolute atomic E-state index is 10.8. The lowest BCUT2D eigenvalue weighted by Gasteiger charge is -1.96. The molecule has 2 rings (SSSR count). The van der Waals surface area contributed by atoms with E-state index < -0.39 is 5.97 Å². The fraction of sp³-hybridized carbons (Fsp3) is 0.154. The first-order chi connectivity index (χ1) is 9.56. The predicted octanol–water partition coefficient (Wildman–Crippen LogP) is 2.14. The Morgan fingerprint density at radius 1 is 1.50 bits per heavy atom. The summed E-state index contributed by atoms with van der Waals surface area (Å²) in [5, 5.41) is 22.2. The second-order valence-electron chi connectivity index (χ2n) is 4.01. The molecule has 0 amide bonds. The summed E-state index contributed by atoms with van der Waals surface area (Å²) in [6.07, 6.45) is 4.34. The Kier molecular flexibility index (Phi) is 3.99. The summed E-state index contributed by atoms with van der Waals surface area (Å²) in [4.78, 5) is 14.7. The van der Waals surface area contributed by atoms with Crippen LogP contribution in [0, 0.1) is 0 Å². The Hall–Kier alpha value is -2.83. The third-order valence-electron chi connectivity index (χ3n) is 2.47. The normalized spacial score (nSPS) is 12.7. The Bertz CT molecular complexity index is 649. The van der Waals surface area contributed by atoms with Crippen LogP contribution in [0.5, 0.6) is 0 Å². The van der Waals surface area contributed by atoms with Gasteiger partial charge in [-0.25, -0.2) is 9.79 Å². The van der Waals surface area contributed by atoms with Gasteiger partial charge in [-0.15, -0.1) is 0 Å². The molecule has 0 saturated carbocycles. The van der Waals surface area contributed by atoms with Crippen LogP contribution in [-0.4, -0.2) is 32.2 Å². The summed E-state index contributed by atoms with van der Waals surface area (Å²) in [5.74, 6) is -0.461. The minimum absolute atomic E-state index is 0.273. The third kappa shape index (κ3) is 3.35. The number of aromatic nitrogens is 2. The molecular formula is C13H13N3O4. The highest BCUT2D eigenvalue weighted by atomic mass is 16.4. The molecule has 7 heteroatoms. The summed E-state index contributed by atoms with van der Waals surface area (Å²) in [6, 6.07) is 5.24. The van der Waals surface area contributed by atoms with Crippen molar-refractivity contribution in [3.63, 3.8) is 0 Å². The zero-order chi connectivity index (χ0) is 14.5. The molecule has 0 saturated heterocycles. The van der Waals surface area contributed by atoms with Crippen molar-refractivity contribution in [3.8, 4) is 0 Å². The van der Waals surface area contributed by atoms with Gasteiger partial charge < -0.3 is 14.6 Å². The van der Waals surface area contributed by atoms with Crippen molar-refractivity contribution in [2.24, 2.45) is 4.99 Å². The molecule has 0 bridgehead atoms. The highest BCUT2D eigenvalue weighted by Crippen LogP contribution is 2.10. The second-order valence-corrected chi connectivity index (χ2v) is 4.01. The molecule has 7 nitrogen and oxygen atoms in total. The predicted molar refractivity (Wildman–Crippen MR) is 71.2 cm³/mol. The van der Waals surface area contributed by atoms with E-state index in [4.69, 9.17) is 9.52 Å². The van der Waals surface area contributed by atoms with E-state index >= 15 is 0 Å². The fourth-order valence-electron chi connectivity index (χ4n) is 1.50. The first kappa shape index (κ1) is 13.6. The number of nitrogens with zero attached hydrogens (tertiary/aromatic N) is 3. The summed E-state index contributed by atoms with van der Waals surface area (Å²) >= 11 is 0. The van der Waals surface area contributed by atoms with Crippen LogP contribution in [0.2, 0.25) is 0 Å². The summed E-state index contributed by atoms with van der Waals surface area (Å²) in [6.45, 7) is 1.74. The maximum Gasteiger partial charge on any atom is 0.340 e. The number of aliphatic hydroxyl groups excluding tert-OH is 1. The van der Waals surface area contributed by atoms with Crippen molar-refractivity contribution in [1.82, 2.24) is 9.78 Å². The van der Waals surface area contributed by atoms with Crippen LogP contribution in [0.4, 0.5) is 5.82 Å². The van der Waals surface area contributed by atoms with Crippen molar-refractivity contribution < 1.29 is 19.4 Å². The number of rotatable bonds is 5. The van der Waals surface area contributed by atoms with Gasteiger partial charge in [0.05, 0.1) is 12.8 Å². The fourth-order valence-corrected chi connectivity index (χ4v) is 1.50. The molecule has 0 fully saturated rings. The average molecular weight is 275 g/mol. The number of furan rings is 1. The van der Waals surface area contributed by atoms with Crippen LogP contribution in [0.1, 0.15) is 12.7 Å². The molecule has 104 valence electrons. The SMILES string of the molecule is CC(O)=C(C=Nc1ccn(Cc2ccco2)n1)C(=O)O. The molecule has 2 aromatic heterocycles. The number of aliphatic carboxylic acids is 1. The van der Waals surface area contributed by atoms with Gasteiger partial charge in [0.1, 0.15) is 17.1 Å². The Morgan fingerprint density at radius 3 is 2.90 bits per heavy atom. The van der Waals surface area contributed by atoms with Gasteiger partial charge in [0.2, 0.25) is 0 Å². The van der Waals surface area contributed by atoms with Crippen molar-refractivity contribution in [2.45, 2.75) is 13.5 Å². The van der Waals surface area contributed by atoms with E-state index in [1.807, 2.05) is 6.07 Å². The van der Waals surface area contributed by atoms with Crippen LogP contribution in [0.15, 0.2) is 51.4 Å². The molecule has 0 unspecified atom stereocenters. The Balaban J connectivity index is 2.10. The first-order valence-electron chi connectivity index (χ1n) is 5.79. The topological polar surface area (TPSA) is 101 Å². The lowest BCUT2D eigenvalue weighted by molar-refractivity contribution is -0.132. The standard InChI is InChI=1S/C13H13N3O4/c1-9(17)11(13(18)19)7-14-12-4-5-16(15-12)8-10-3-2-6-20-10/h2-7,17H,8H2,1H3,(H,18,19). The number of aliphatic imine (C=N–C) groups is 1. The molecule has 2 heterocycles. The Labute approximate surface area is 114 Å². The van der Waals surface area contributed by atoms with Crippen molar-refractivity contribution in [3.05, 3.63) is 47.8 Å². The summed E-state index contributed by atoms with van der Waals surface area (Å²) in [5.41, 5.74) is -0.273. The molecule has 0 radical (unpaired) electrons. The molecule has 0 aromatic carbocycles. The molecule has 20 heavy (non-hydrogen) atoms. The average Bonchev–Trinajstić information content (AvgIpc) is 3.01. The number of carboxylic acid groups (broad SMARTS) is 1. The van der Waals surface area contributed by atoms with E-state index in [9.17, 15) is 9.90 Å². The van der Waals surface area contributed by atoms with E-state index in [0.717, 1.165) is 12.0 Å². The van der Waals surface area contributed by atoms with Gasteiger partial charge in [0.15, 0.2) is 5.82 Å². The monoisotopic (exact) mass is 275 g/mol. The van der Waals surface area contributed by atoms with Crippen molar-refractivity contribution in [1.29, 1.82) is 0 Å². The van der Waals surface area contributed by atoms with Gasteiger partial charge in [-0.1, -0.05) is 0 Å².